The molecule has 0 rings (SSSR count). The third-order valence-corrected chi connectivity index (χ3v) is 8.66. The minimum atomic E-state index is -4.36. The molecule has 3 N–H and O–H groups in total. The van der Waals surface area contributed by atoms with Crippen LogP contribution in [-0.2, 0) is 14.9 Å². The summed E-state index contributed by atoms with van der Waals surface area (Å²) in [6.07, 6.45) is 44.9. The molecule has 0 saturated heterocycles. The number of amides is 1. The first-order valence-corrected chi connectivity index (χ1v) is 20.1. The lowest BCUT2D eigenvalue weighted by molar-refractivity contribution is -0.122. The molecule has 2 unspecified atom stereocenters. The van der Waals surface area contributed by atoms with Crippen LogP contribution >= 0.6 is 0 Å². The molecule has 1 amide bonds. The van der Waals surface area contributed by atoms with Crippen molar-refractivity contribution in [2.45, 2.75) is 174 Å². The van der Waals surface area contributed by atoms with Gasteiger partial charge in [-0.2, -0.15) is 8.42 Å². The molecule has 7 heteroatoms. The predicted octanol–water partition coefficient (Wildman–Crippen LogP) is 10.5. The van der Waals surface area contributed by atoms with E-state index < -0.39 is 28.0 Å². The summed E-state index contributed by atoms with van der Waals surface area (Å²) in [6, 6.07) is -1.09. The van der Waals surface area contributed by atoms with Crippen LogP contribution in [0.4, 0.5) is 0 Å². The topological polar surface area (TPSA) is 104 Å². The van der Waals surface area contributed by atoms with Crippen molar-refractivity contribution in [3.05, 3.63) is 60.8 Å². The minimum absolute atomic E-state index is 0.265. The number of hydrogen-bond acceptors (Lipinski definition) is 4. The van der Waals surface area contributed by atoms with Crippen molar-refractivity contribution in [1.29, 1.82) is 0 Å². The molecule has 46 heavy (non-hydrogen) atoms. The normalized spacial score (nSPS) is 14.1. The van der Waals surface area contributed by atoms with Crippen LogP contribution in [0.2, 0.25) is 0 Å². The maximum absolute atomic E-state index is 12.4. The Morgan fingerprint density at radius 3 is 1.59 bits per heavy atom. The first-order chi connectivity index (χ1) is 22.3. The van der Waals surface area contributed by atoms with E-state index in [1.54, 1.807) is 6.08 Å². The first kappa shape index (κ1) is 44.0. The van der Waals surface area contributed by atoms with Crippen molar-refractivity contribution in [1.82, 2.24) is 5.32 Å². The number of aliphatic hydroxyl groups excluding tert-OH is 1. The zero-order chi connectivity index (χ0) is 34.0. The lowest BCUT2D eigenvalue weighted by Gasteiger charge is -2.21. The first-order valence-electron chi connectivity index (χ1n) is 18.5. The summed E-state index contributed by atoms with van der Waals surface area (Å²) in [5.74, 6) is -1.03. The van der Waals surface area contributed by atoms with Crippen LogP contribution in [0.15, 0.2) is 60.8 Å². The van der Waals surface area contributed by atoms with Gasteiger partial charge in [-0.3, -0.25) is 9.35 Å². The summed E-state index contributed by atoms with van der Waals surface area (Å²) in [7, 11) is -4.36. The molecule has 0 fully saturated rings. The Balaban J connectivity index is 4.10. The molecular weight excluding hydrogens is 594 g/mol. The average Bonchev–Trinajstić information content (AvgIpc) is 3.01. The predicted molar refractivity (Wildman–Crippen MR) is 198 cm³/mol. The Bertz CT molecular complexity index is 951. The third-order valence-electron chi connectivity index (χ3n) is 7.88. The van der Waals surface area contributed by atoms with E-state index in [-0.39, 0.29) is 12.3 Å². The number of hydrogen-bond donors (Lipinski definition) is 3. The second-order valence-electron chi connectivity index (χ2n) is 12.5. The van der Waals surface area contributed by atoms with E-state index in [4.69, 9.17) is 0 Å². The van der Waals surface area contributed by atoms with E-state index in [1.807, 2.05) is 0 Å². The van der Waals surface area contributed by atoms with Crippen molar-refractivity contribution < 1.29 is 22.9 Å². The summed E-state index contributed by atoms with van der Waals surface area (Å²) in [4.78, 5) is 12.4. The second kappa shape index (κ2) is 33.0. The monoisotopic (exact) mass is 663 g/mol. The van der Waals surface area contributed by atoms with Gasteiger partial charge in [0.2, 0.25) is 5.91 Å². The van der Waals surface area contributed by atoms with Gasteiger partial charge in [0.1, 0.15) is 0 Å². The standard InChI is InChI=1S/C39H69NO5S/c1-3-5-7-9-11-13-15-17-18-19-20-21-23-24-26-28-30-32-34-38(41)37(36-46(43,44)45)40-39(42)35-33-31-29-27-25-22-16-14-12-10-8-6-4-2/h8,10,14,16,19-20,24,26,32,34,37-38,41H,3-7,9,11-13,15,17-18,21-23,25,27-31,33,35-36H2,1-2H3,(H,40,42)(H,43,44,45)/b10-8-,16-14-,20-19+,26-24+,34-32+. The number of carbonyl (C=O) groups is 1. The largest absolute Gasteiger partial charge is 0.387 e. The van der Waals surface area contributed by atoms with Gasteiger partial charge in [0, 0.05) is 6.42 Å². The number of unbranched alkanes of at least 4 members (excludes halogenated alkanes) is 16. The fourth-order valence-corrected chi connectivity index (χ4v) is 5.84. The number of allylic oxidation sites excluding steroid dienone is 9. The molecule has 0 aliphatic rings. The average molecular weight is 664 g/mol. The van der Waals surface area contributed by atoms with Gasteiger partial charge in [0.15, 0.2) is 0 Å². The molecule has 0 aliphatic carbocycles. The van der Waals surface area contributed by atoms with Gasteiger partial charge in [0.25, 0.3) is 10.1 Å². The Morgan fingerprint density at radius 1 is 0.587 bits per heavy atom. The van der Waals surface area contributed by atoms with E-state index in [9.17, 15) is 22.9 Å². The number of carbonyl (C=O) groups excluding carboxylic acids is 1. The molecule has 0 spiro atoms. The number of rotatable bonds is 32. The molecule has 0 saturated carbocycles. The maximum Gasteiger partial charge on any atom is 0.267 e. The molecule has 0 aliphatic heterocycles. The molecule has 0 aromatic rings. The van der Waals surface area contributed by atoms with Gasteiger partial charge in [-0.05, 0) is 70.6 Å². The van der Waals surface area contributed by atoms with Crippen LogP contribution in [0.3, 0.4) is 0 Å². The molecule has 0 aromatic carbocycles. The fourth-order valence-electron chi connectivity index (χ4n) is 5.11. The van der Waals surface area contributed by atoms with Gasteiger partial charge in [0.05, 0.1) is 17.9 Å². The van der Waals surface area contributed by atoms with Crippen LogP contribution in [0.25, 0.3) is 0 Å². The van der Waals surface area contributed by atoms with E-state index >= 15 is 0 Å². The van der Waals surface area contributed by atoms with E-state index in [0.29, 0.717) is 12.8 Å². The highest BCUT2D eigenvalue weighted by Crippen LogP contribution is 2.11. The third kappa shape index (κ3) is 33.4. The van der Waals surface area contributed by atoms with Crippen molar-refractivity contribution in [2.24, 2.45) is 0 Å². The summed E-state index contributed by atoms with van der Waals surface area (Å²) in [6.45, 7) is 4.43. The zero-order valence-corrected chi connectivity index (χ0v) is 30.2. The van der Waals surface area contributed by atoms with Gasteiger partial charge in [-0.15, -0.1) is 0 Å². The maximum atomic E-state index is 12.4. The molecule has 266 valence electrons. The van der Waals surface area contributed by atoms with Gasteiger partial charge in [-0.1, -0.05) is 145 Å². The van der Waals surface area contributed by atoms with E-state index in [0.717, 1.165) is 64.2 Å². The van der Waals surface area contributed by atoms with E-state index in [2.05, 4.69) is 67.8 Å². The minimum Gasteiger partial charge on any atom is -0.387 e. The highest BCUT2D eigenvalue weighted by Gasteiger charge is 2.24. The number of aliphatic hydroxyl groups is 1. The smallest absolute Gasteiger partial charge is 0.267 e. The van der Waals surface area contributed by atoms with Crippen LogP contribution in [-0.4, -0.2) is 41.9 Å². The molecule has 0 heterocycles. The van der Waals surface area contributed by atoms with Gasteiger partial charge < -0.3 is 10.4 Å². The summed E-state index contributed by atoms with van der Waals surface area (Å²) in [5, 5.41) is 13.1. The Morgan fingerprint density at radius 2 is 1.04 bits per heavy atom. The highest BCUT2D eigenvalue weighted by atomic mass is 32.2. The van der Waals surface area contributed by atoms with E-state index in [1.165, 1.54) is 70.3 Å². The van der Waals surface area contributed by atoms with Crippen LogP contribution < -0.4 is 5.32 Å². The molecule has 0 radical (unpaired) electrons. The number of nitrogens with one attached hydrogen (secondary N) is 1. The van der Waals surface area contributed by atoms with Crippen molar-refractivity contribution >= 4 is 16.0 Å². The highest BCUT2D eigenvalue weighted by molar-refractivity contribution is 7.85. The molecule has 2 atom stereocenters. The molecule has 0 bridgehead atoms. The van der Waals surface area contributed by atoms with Crippen LogP contribution in [0.1, 0.15) is 162 Å². The van der Waals surface area contributed by atoms with Crippen molar-refractivity contribution in [3.63, 3.8) is 0 Å². The SMILES string of the molecule is CCC/C=C\C/C=C\CCCCCCCC(=O)NC(CS(=O)(=O)O)C(O)/C=C/CC/C=C/CC/C=C/CCCCCCCCCC. The van der Waals surface area contributed by atoms with Crippen LogP contribution in [0, 0.1) is 0 Å². The Labute approximate surface area is 283 Å². The summed E-state index contributed by atoms with van der Waals surface area (Å²) < 4.78 is 32.3. The van der Waals surface area contributed by atoms with Crippen molar-refractivity contribution in [2.75, 3.05) is 5.75 Å². The van der Waals surface area contributed by atoms with Crippen molar-refractivity contribution in [3.8, 4) is 0 Å². The van der Waals surface area contributed by atoms with Gasteiger partial charge in [-0.25, -0.2) is 0 Å². The Kier molecular flexibility index (Phi) is 31.6. The fraction of sp³-hybridized carbons (Fsp3) is 0.718. The van der Waals surface area contributed by atoms with Crippen LogP contribution in [0.5, 0.6) is 0 Å². The quantitative estimate of drug-likeness (QED) is 0.0377. The molecular formula is C39H69NO5S. The molecule has 6 nitrogen and oxygen atoms in total. The summed E-state index contributed by atoms with van der Waals surface area (Å²) >= 11 is 0. The lowest BCUT2D eigenvalue weighted by Crippen LogP contribution is -2.46. The second-order valence-corrected chi connectivity index (χ2v) is 14.0. The molecule has 0 aromatic heterocycles. The lowest BCUT2D eigenvalue weighted by atomic mass is 10.1. The zero-order valence-electron chi connectivity index (χ0n) is 29.4. The van der Waals surface area contributed by atoms with Gasteiger partial charge >= 0.3 is 0 Å². The summed E-state index contributed by atoms with van der Waals surface area (Å²) in [5.41, 5.74) is 0. The Hall–Kier alpha value is -1.96.